The van der Waals surface area contributed by atoms with Crippen LogP contribution in [0.15, 0.2) is 34.7 Å². The summed E-state index contributed by atoms with van der Waals surface area (Å²) in [5, 5.41) is 1.18. The van der Waals surface area contributed by atoms with Gasteiger partial charge in [0.25, 0.3) is 0 Å². The predicted octanol–water partition coefficient (Wildman–Crippen LogP) is 5.72. The lowest BCUT2D eigenvalue weighted by Crippen LogP contribution is -1.70. The van der Waals surface area contributed by atoms with Crippen LogP contribution in [-0.4, -0.2) is 0 Å². The van der Waals surface area contributed by atoms with Crippen LogP contribution in [0.2, 0.25) is 0 Å². The molecule has 0 aliphatic heterocycles. The second-order valence-electron chi connectivity index (χ2n) is 4.46. The van der Waals surface area contributed by atoms with Crippen molar-refractivity contribution in [1.82, 2.24) is 0 Å². The summed E-state index contributed by atoms with van der Waals surface area (Å²) in [4.78, 5) is 0. The maximum absolute atomic E-state index is 5.37. The Hall–Kier alpha value is -1.24. The third-order valence-corrected chi connectivity index (χ3v) is 2.76. The molecule has 2 aromatic rings. The topological polar surface area (TPSA) is 13.1 Å². The van der Waals surface area contributed by atoms with E-state index >= 15 is 0 Å². The van der Waals surface area contributed by atoms with E-state index in [0.717, 1.165) is 11.3 Å². The Morgan fingerprint density at radius 3 is 2.18 bits per heavy atom. The first kappa shape index (κ1) is 13.8. The minimum absolute atomic E-state index is 0.972. The lowest BCUT2D eigenvalue weighted by atomic mass is 10.2. The molecule has 1 heterocycles. The van der Waals surface area contributed by atoms with E-state index in [2.05, 4.69) is 13.8 Å². The minimum atomic E-state index is 0.972. The molecule has 0 fully saturated rings. The van der Waals surface area contributed by atoms with Crippen molar-refractivity contribution < 1.29 is 4.42 Å². The van der Waals surface area contributed by atoms with E-state index in [1.54, 1.807) is 0 Å². The van der Waals surface area contributed by atoms with Gasteiger partial charge in [0.1, 0.15) is 11.3 Å². The summed E-state index contributed by atoms with van der Waals surface area (Å²) in [6.45, 7) is 6.45. The molecule has 0 amide bonds. The Labute approximate surface area is 105 Å². The first-order valence-corrected chi connectivity index (χ1v) is 6.73. The van der Waals surface area contributed by atoms with Crippen LogP contribution in [0.5, 0.6) is 0 Å². The van der Waals surface area contributed by atoms with Crippen LogP contribution in [0.3, 0.4) is 0 Å². The van der Waals surface area contributed by atoms with Crippen LogP contribution in [0, 0.1) is 6.92 Å². The van der Waals surface area contributed by atoms with Gasteiger partial charge in [0.2, 0.25) is 0 Å². The molecule has 1 aromatic heterocycles. The second-order valence-corrected chi connectivity index (χ2v) is 4.46. The fourth-order valence-corrected chi connectivity index (χ4v) is 1.79. The molecule has 1 nitrogen and oxygen atoms in total. The van der Waals surface area contributed by atoms with Crippen LogP contribution < -0.4 is 0 Å². The zero-order valence-electron chi connectivity index (χ0n) is 11.3. The van der Waals surface area contributed by atoms with Gasteiger partial charge in [0.05, 0.1) is 0 Å². The molecule has 17 heavy (non-hydrogen) atoms. The number of benzene rings is 1. The molecule has 0 bridgehead atoms. The Balaban J connectivity index is 0.000000185. The summed E-state index contributed by atoms with van der Waals surface area (Å²) < 4.78 is 5.37. The molecule has 0 atom stereocenters. The Bertz CT molecular complexity index is 377. The molecule has 1 aromatic carbocycles. The van der Waals surface area contributed by atoms with Crippen LogP contribution in [0.1, 0.15) is 51.7 Å². The molecule has 0 radical (unpaired) electrons. The fourth-order valence-electron chi connectivity index (χ4n) is 1.79. The molecule has 0 unspecified atom stereocenters. The standard InChI is InChI=1S/C9H8O.C7H16/c1-7-6-8-4-2-3-5-9(8)10-7;1-3-5-7-6-4-2/h2-6H,1H3;3-7H2,1-2H3. The van der Waals surface area contributed by atoms with E-state index in [9.17, 15) is 0 Å². The van der Waals surface area contributed by atoms with Crippen LogP contribution in [0.25, 0.3) is 11.0 Å². The van der Waals surface area contributed by atoms with Gasteiger partial charge in [-0.15, -0.1) is 0 Å². The minimum Gasteiger partial charge on any atom is -0.461 e. The van der Waals surface area contributed by atoms with E-state index in [1.165, 1.54) is 37.5 Å². The number of aryl methyl sites for hydroxylation is 1. The quantitative estimate of drug-likeness (QED) is 0.615. The maximum Gasteiger partial charge on any atom is 0.134 e. The summed E-state index contributed by atoms with van der Waals surface area (Å²) in [5.41, 5.74) is 0.972. The van der Waals surface area contributed by atoms with Crippen molar-refractivity contribution in [3.05, 3.63) is 36.1 Å². The highest BCUT2D eigenvalue weighted by Crippen LogP contribution is 2.17. The SMILES string of the molecule is CCCCCCC.Cc1cc2ccccc2o1. The number of furan rings is 1. The fraction of sp³-hybridized carbons (Fsp3) is 0.500. The van der Waals surface area contributed by atoms with Crippen LogP contribution >= 0.6 is 0 Å². The third-order valence-electron chi connectivity index (χ3n) is 2.76. The molecule has 0 N–H and O–H groups in total. The maximum atomic E-state index is 5.37. The van der Waals surface area contributed by atoms with Crippen LogP contribution in [-0.2, 0) is 0 Å². The molecule has 0 aliphatic carbocycles. The molecule has 94 valence electrons. The number of para-hydroxylation sites is 1. The van der Waals surface area contributed by atoms with Gasteiger partial charge in [-0.2, -0.15) is 0 Å². The van der Waals surface area contributed by atoms with Gasteiger partial charge in [-0.25, -0.2) is 0 Å². The second kappa shape index (κ2) is 7.94. The summed E-state index contributed by atoms with van der Waals surface area (Å²) in [6, 6.07) is 10.0. The monoisotopic (exact) mass is 232 g/mol. The largest absolute Gasteiger partial charge is 0.461 e. The summed E-state index contributed by atoms with van der Waals surface area (Å²) in [5.74, 6) is 0.973. The van der Waals surface area contributed by atoms with E-state index in [4.69, 9.17) is 4.42 Å². The van der Waals surface area contributed by atoms with Crippen molar-refractivity contribution in [2.75, 3.05) is 0 Å². The molecule has 0 saturated heterocycles. The highest BCUT2D eigenvalue weighted by atomic mass is 16.3. The lowest BCUT2D eigenvalue weighted by molar-refractivity contribution is 0.578. The average molecular weight is 232 g/mol. The number of unbranched alkanes of at least 4 members (excludes halogenated alkanes) is 4. The summed E-state index contributed by atoms with van der Waals surface area (Å²) >= 11 is 0. The molecular weight excluding hydrogens is 208 g/mol. The van der Waals surface area contributed by atoms with E-state index in [-0.39, 0.29) is 0 Å². The van der Waals surface area contributed by atoms with Gasteiger partial charge in [-0.3, -0.25) is 0 Å². The molecule has 0 spiro atoms. The Morgan fingerprint density at radius 2 is 1.59 bits per heavy atom. The van der Waals surface area contributed by atoms with Crippen molar-refractivity contribution in [3.63, 3.8) is 0 Å². The van der Waals surface area contributed by atoms with Crippen molar-refractivity contribution in [2.24, 2.45) is 0 Å². The molecular formula is C16H24O. The highest BCUT2D eigenvalue weighted by molar-refractivity contribution is 5.77. The smallest absolute Gasteiger partial charge is 0.134 e. The average Bonchev–Trinajstić information content (AvgIpc) is 2.70. The summed E-state index contributed by atoms with van der Waals surface area (Å²) in [6.07, 6.45) is 7.01. The molecule has 1 heteroatoms. The Morgan fingerprint density at radius 1 is 0.941 bits per heavy atom. The third kappa shape index (κ3) is 5.08. The van der Waals surface area contributed by atoms with Gasteiger partial charge in [-0.1, -0.05) is 64.2 Å². The van der Waals surface area contributed by atoms with Crippen molar-refractivity contribution in [3.8, 4) is 0 Å². The van der Waals surface area contributed by atoms with Crippen LogP contribution in [0.4, 0.5) is 0 Å². The first-order chi connectivity index (χ1) is 8.27. The van der Waals surface area contributed by atoms with E-state index in [1.807, 2.05) is 37.3 Å². The zero-order chi connectivity index (χ0) is 12.5. The van der Waals surface area contributed by atoms with E-state index < -0.39 is 0 Å². The number of hydrogen-bond donors (Lipinski definition) is 0. The number of rotatable bonds is 4. The first-order valence-electron chi connectivity index (χ1n) is 6.73. The number of fused-ring (bicyclic) bond motifs is 1. The lowest BCUT2D eigenvalue weighted by Gasteiger charge is -1.90. The van der Waals surface area contributed by atoms with Crippen molar-refractivity contribution >= 4 is 11.0 Å². The van der Waals surface area contributed by atoms with Gasteiger partial charge in [0, 0.05) is 5.39 Å². The molecule has 0 saturated carbocycles. The van der Waals surface area contributed by atoms with E-state index in [0.29, 0.717) is 0 Å². The van der Waals surface area contributed by atoms with Gasteiger partial charge in [0.15, 0.2) is 0 Å². The van der Waals surface area contributed by atoms with Gasteiger partial charge in [-0.05, 0) is 19.1 Å². The summed E-state index contributed by atoms with van der Waals surface area (Å²) in [7, 11) is 0. The molecule has 2 rings (SSSR count). The predicted molar refractivity (Wildman–Crippen MR) is 75.4 cm³/mol. The van der Waals surface area contributed by atoms with Gasteiger partial charge < -0.3 is 4.42 Å². The highest BCUT2D eigenvalue weighted by Gasteiger charge is 1.95. The molecule has 0 aliphatic rings. The van der Waals surface area contributed by atoms with Crippen molar-refractivity contribution in [2.45, 2.75) is 52.9 Å². The Kier molecular flexibility index (Phi) is 6.46. The normalized spacial score (nSPS) is 10.1. The van der Waals surface area contributed by atoms with Crippen molar-refractivity contribution in [1.29, 1.82) is 0 Å². The number of hydrogen-bond acceptors (Lipinski definition) is 1. The van der Waals surface area contributed by atoms with Gasteiger partial charge >= 0.3 is 0 Å². The zero-order valence-corrected chi connectivity index (χ0v) is 11.3.